The second-order valence-corrected chi connectivity index (χ2v) is 7.23. The molecule has 0 aliphatic carbocycles. The summed E-state index contributed by atoms with van der Waals surface area (Å²) in [5.74, 6) is 0. The van der Waals surface area contributed by atoms with Crippen LogP contribution in [0.1, 0.15) is 59.4 Å². The van der Waals surface area contributed by atoms with E-state index >= 15 is 0 Å². The van der Waals surface area contributed by atoms with Gasteiger partial charge < -0.3 is 5.32 Å². The van der Waals surface area contributed by atoms with Gasteiger partial charge in [0, 0.05) is 37.3 Å². The molecule has 0 bridgehead atoms. The summed E-state index contributed by atoms with van der Waals surface area (Å²) < 4.78 is 2.17. The molecule has 1 aromatic rings. The lowest BCUT2D eigenvalue weighted by Gasteiger charge is -2.50. The summed E-state index contributed by atoms with van der Waals surface area (Å²) in [7, 11) is 0. The van der Waals surface area contributed by atoms with Crippen LogP contribution in [0.5, 0.6) is 0 Å². The van der Waals surface area contributed by atoms with E-state index in [0.717, 1.165) is 39.0 Å². The molecule has 0 amide bonds. The van der Waals surface area contributed by atoms with Gasteiger partial charge >= 0.3 is 0 Å². The van der Waals surface area contributed by atoms with Gasteiger partial charge in [-0.1, -0.05) is 13.8 Å². The van der Waals surface area contributed by atoms with Gasteiger partial charge in [-0.25, -0.2) is 0 Å². The molecule has 0 saturated carbocycles. The van der Waals surface area contributed by atoms with Crippen molar-refractivity contribution in [2.45, 2.75) is 78.6 Å². The van der Waals surface area contributed by atoms with Gasteiger partial charge in [0.1, 0.15) is 0 Å². The molecule has 2 rings (SSSR count). The topological polar surface area (TPSA) is 33.1 Å². The molecule has 1 aromatic heterocycles. The Morgan fingerprint density at radius 1 is 1.24 bits per heavy atom. The molecule has 1 aliphatic heterocycles. The highest BCUT2D eigenvalue weighted by atomic mass is 15.3. The van der Waals surface area contributed by atoms with Crippen molar-refractivity contribution in [3.05, 3.63) is 17.5 Å². The zero-order valence-corrected chi connectivity index (χ0v) is 14.7. The number of aryl methyl sites for hydroxylation is 2. The minimum Gasteiger partial charge on any atom is -0.308 e. The minimum atomic E-state index is 0.184. The summed E-state index contributed by atoms with van der Waals surface area (Å²) in [6.07, 6.45) is 2.17. The molecule has 0 aromatic carbocycles. The van der Waals surface area contributed by atoms with Crippen molar-refractivity contribution in [2.75, 3.05) is 13.1 Å². The van der Waals surface area contributed by atoms with E-state index in [4.69, 9.17) is 5.10 Å². The molecule has 0 radical (unpaired) electrons. The number of nitrogens with one attached hydrogen (secondary N) is 1. The molecular formula is C17H32N4. The molecule has 21 heavy (non-hydrogen) atoms. The van der Waals surface area contributed by atoms with Gasteiger partial charge in [0.25, 0.3) is 0 Å². The van der Waals surface area contributed by atoms with Crippen LogP contribution in [0.2, 0.25) is 0 Å². The Labute approximate surface area is 129 Å². The van der Waals surface area contributed by atoms with Crippen molar-refractivity contribution < 1.29 is 0 Å². The fraction of sp³-hybridized carbons (Fsp3) is 0.824. The number of piperazine rings is 1. The highest BCUT2D eigenvalue weighted by molar-refractivity contribution is 5.12. The van der Waals surface area contributed by atoms with Crippen molar-refractivity contribution in [3.63, 3.8) is 0 Å². The summed E-state index contributed by atoms with van der Waals surface area (Å²) >= 11 is 0. The molecule has 4 nitrogen and oxygen atoms in total. The molecule has 1 fully saturated rings. The zero-order valence-electron chi connectivity index (χ0n) is 14.7. The standard InChI is InChI=1S/C17H32N4/c1-7-14-10-15(21(9-3)19-14)11-20-13-17(6,8-2)18-12-16(20,4)5/h10,18H,7-9,11-13H2,1-6H3. The smallest absolute Gasteiger partial charge is 0.0625 e. The quantitative estimate of drug-likeness (QED) is 0.906. The van der Waals surface area contributed by atoms with Crippen LogP contribution in [-0.4, -0.2) is 38.8 Å². The summed E-state index contributed by atoms with van der Waals surface area (Å²) in [6.45, 7) is 17.7. The summed E-state index contributed by atoms with van der Waals surface area (Å²) in [6, 6.07) is 2.28. The lowest BCUT2D eigenvalue weighted by Crippen LogP contribution is -2.66. The number of hydrogen-bond acceptors (Lipinski definition) is 3. The summed E-state index contributed by atoms with van der Waals surface area (Å²) in [5.41, 5.74) is 2.96. The van der Waals surface area contributed by atoms with Crippen LogP contribution in [0, 0.1) is 0 Å². The Bertz CT molecular complexity index is 477. The lowest BCUT2D eigenvalue weighted by atomic mass is 9.88. The Morgan fingerprint density at radius 2 is 1.95 bits per heavy atom. The molecule has 1 unspecified atom stereocenters. The van der Waals surface area contributed by atoms with Crippen LogP contribution in [0.3, 0.4) is 0 Å². The Kier molecular flexibility index (Phi) is 4.79. The molecule has 2 heterocycles. The van der Waals surface area contributed by atoms with Crippen molar-refractivity contribution in [1.82, 2.24) is 20.0 Å². The van der Waals surface area contributed by atoms with Crippen LogP contribution in [-0.2, 0) is 19.5 Å². The van der Waals surface area contributed by atoms with Gasteiger partial charge in [0.15, 0.2) is 0 Å². The van der Waals surface area contributed by atoms with E-state index < -0.39 is 0 Å². The molecular weight excluding hydrogens is 260 g/mol. The minimum absolute atomic E-state index is 0.184. The third-order valence-electron chi connectivity index (χ3n) is 5.05. The van der Waals surface area contributed by atoms with Crippen molar-refractivity contribution in [1.29, 1.82) is 0 Å². The largest absolute Gasteiger partial charge is 0.308 e. The maximum atomic E-state index is 4.69. The van der Waals surface area contributed by atoms with Crippen molar-refractivity contribution in [3.8, 4) is 0 Å². The molecule has 1 saturated heterocycles. The second-order valence-electron chi connectivity index (χ2n) is 7.23. The fourth-order valence-electron chi connectivity index (χ4n) is 3.02. The van der Waals surface area contributed by atoms with Gasteiger partial charge in [-0.15, -0.1) is 0 Å². The van der Waals surface area contributed by atoms with Crippen LogP contribution in [0.25, 0.3) is 0 Å². The van der Waals surface area contributed by atoms with Crippen LogP contribution in [0.15, 0.2) is 6.07 Å². The van der Waals surface area contributed by atoms with Gasteiger partial charge in [-0.3, -0.25) is 9.58 Å². The van der Waals surface area contributed by atoms with Gasteiger partial charge in [0.2, 0.25) is 0 Å². The third kappa shape index (κ3) is 3.49. The Morgan fingerprint density at radius 3 is 2.52 bits per heavy atom. The SMILES string of the molecule is CCc1cc(CN2CC(C)(CC)NCC2(C)C)n(CC)n1. The van der Waals surface area contributed by atoms with E-state index in [1.165, 1.54) is 11.4 Å². The maximum absolute atomic E-state index is 4.69. The monoisotopic (exact) mass is 292 g/mol. The molecule has 1 N–H and O–H groups in total. The van der Waals surface area contributed by atoms with Crippen LogP contribution < -0.4 is 5.32 Å². The third-order valence-corrected chi connectivity index (χ3v) is 5.05. The van der Waals surface area contributed by atoms with Gasteiger partial charge in [-0.2, -0.15) is 5.10 Å². The Balaban J connectivity index is 2.21. The van der Waals surface area contributed by atoms with Crippen molar-refractivity contribution in [2.24, 2.45) is 0 Å². The first kappa shape index (κ1) is 16.5. The first-order valence-corrected chi connectivity index (χ1v) is 8.39. The zero-order chi connectivity index (χ0) is 15.7. The number of aromatic nitrogens is 2. The molecule has 120 valence electrons. The molecule has 1 atom stereocenters. The average Bonchev–Trinajstić information content (AvgIpc) is 2.86. The number of hydrogen-bond donors (Lipinski definition) is 1. The van der Waals surface area contributed by atoms with E-state index in [0.29, 0.717) is 0 Å². The van der Waals surface area contributed by atoms with E-state index in [1.54, 1.807) is 0 Å². The van der Waals surface area contributed by atoms with Gasteiger partial charge in [0.05, 0.1) is 11.4 Å². The number of rotatable bonds is 5. The predicted octanol–water partition coefficient (Wildman–Crippen LogP) is 2.82. The summed E-state index contributed by atoms with van der Waals surface area (Å²) in [5, 5.41) is 8.42. The molecule has 0 spiro atoms. The van der Waals surface area contributed by atoms with E-state index in [-0.39, 0.29) is 11.1 Å². The Hall–Kier alpha value is -0.870. The molecule has 4 heteroatoms. The van der Waals surface area contributed by atoms with Gasteiger partial charge in [-0.05, 0) is 46.6 Å². The predicted molar refractivity (Wildman–Crippen MR) is 88.5 cm³/mol. The summed E-state index contributed by atoms with van der Waals surface area (Å²) in [4.78, 5) is 2.62. The van der Waals surface area contributed by atoms with E-state index in [9.17, 15) is 0 Å². The first-order chi connectivity index (χ1) is 9.83. The fourth-order valence-corrected chi connectivity index (χ4v) is 3.02. The highest BCUT2D eigenvalue weighted by Gasteiger charge is 2.39. The van der Waals surface area contributed by atoms with E-state index in [1.807, 2.05) is 0 Å². The first-order valence-electron chi connectivity index (χ1n) is 8.39. The second kappa shape index (κ2) is 6.09. The molecule has 1 aliphatic rings. The van der Waals surface area contributed by atoms with E-state index in [2.05, 4.69) is 62.5 Å². The maximum Gasteiger partial charge on any atom is 0.0625 e. The van der Waals surface area contributed by atoms with Crippen LogP contribution >= 0.6 is 0 Å². The average molecular weight is 292 g/mol. The van der Waals surface area contributed by atoms with Crippen molar-refractivity contribution >= 4 is 0 Å². The number of nitrogens with zero attached hydrogens (tertiary/aromatic N) is 3. The van der Waals surface area contributed by atoms with Crippen LogP contribution in [0.4, 0.5) is 0 Å². The normalized spacial score (nSPS) is 26.2. The highest BCUT2D eigenvalue weighted by Crippen LogP contribution is 2.27. The lowest BCUT2D eigenvalue weighted by molar-refractivity contribution is 0.0226.